The average molecular weight is 361 g/mol. The summed E-state index contributed by atoms with van der Waals surface area (Å²) in [4.78, 5) is 29.0. The largest absolute Gasteiger partial charge is 0.391 e. The standard InChI is InChI=1S/C17H17ClN4O3/c18-13-6-12-14(4-10(13)7-19)21-9-22(17(12)25)8-11(23)5-15-16(24)2-1-3-20-15/h4,6,9,15-16,20,24H,1-3,5,8H2. The Balaban J connectivity index is 1.82. The molecule has 3 rings (SSSR count). The highest BCUT2D eigenvalue weighted by Crippen LogP contribution is 2.20. The molecule has 2 atom stereocenters. The molecule has 2 heterocycles. The number of benzene rings is 1. The fraction of sp³-hybridized carbons (Fsp3) is 0.412. The number of piperidine rings is 1. The van der Waals surface area contributed by atoms with Gasteiger partial charge in [0.05, 0.1) is 40.5 Å². The number of aliphatic hydroxyl groups excluding tert-OH is 1. The molecule has 0 aliphatic carbocycles. The number of nitrogens with zero attached hydrogens (tertiary/aromatic N) is 3. The zero-order valence-electron chi connectivity index (χ0n) is 13.4. The van der Waals surface area contributed by atoms with Crippen molar-refractivity contribution in [1.29, 1.82) is 5.26 Å². The van der Waals surface area contributed by atoms with Crippen LogP contribution in [0.25, 0.3) is 10.9 Å². The van der Waals surface area contributed by atoms with E-state index in [-0.39, 0.29) is 46.3 Å². The third kappa shape index (κ3) is 3.71. The topological polar surface area (TPSA) is 108 Å². The average Bonchev–Trinajstić information content (AvgIpc) is 2.59. The maximum atomic E-state index is 12.5. The summed E-state index contributed by atoms with van der Waals surface area (Å²) < 4.78 is 1.22. The number of aliphatic hydroxyl groups is 1. The number of carbonyl (C=O) groups excluding carboxylic acids is 1. The highest BCUT2D eigenvalue weighted by atomic mass is 35.5. The summed E-state index contributed by atoms with van der Waals surface area (Å²) >= 11 is 5.98. The second-order valence-corrected chi connectivity index (χ2v) is 6.56. The van der Waals surface area contributed by atoms with Gasteiger partial charge in [0.15, 0.2) is 5.78 Å². The summed E-state index contributed by atoms with van der Waals surface area (Å²) in [6.07, 6.45) is 2.45. The summed E-state index contributed by atoms with van der Waals surface area (Å²) in [6, 6.07) is 4.51. The van der Waals surface area contributed by atoms with Crippen LogP contribution in [0, 0.1) is 11.3 Å². The van der Waals surface area contributed by atoms with Crippen LogP contribution in [-0.4, -0.2) is 39.1 Å². The smallest absolute Gasteiger partial charge is 0.261 e. The van der Waals surface area contributed by atoms with Crippen molar-refractivity contribution in [2.75, 3.05) is 6.54 Å². The maximum Gasteiger partial charge on any atom is 0.261 e. The zero-order chi connectivity index (χ0) is 18.0. The molecule has 2 unspecified atom stereocenters. The first-order valence-corrected chi connectivity index (χ1v) is 8.39. The van der Waals surface area contributed by atoms with Crippen LogP contribution in [0.1, 0.15) is 24.8 Å². The van der Waals surface area contributed by atoms with Crippen LogP contribution >= 0.6 is 11.6 Å². The number of nitriles is 1. The lowest BCUT2D eigenvalue weighted by Crippen LogP contribution is -2.46. The minimum atomic E-state index is -0.549. The lowest BCUT2D eigenvalue weighted by Gasteiger charge is -2.28. The highest BCUT2D eigenvalue weighted by molar-refractivity contribution is 6.32. The van der Waals surface area contributed by atoms with Gasteiger partial charge < -0.3 is 10.4 Å². The van der Waals surface area contributed by atoms with Crippen LogP contribution in [0.5, 0.6) is 0 Å². The van der Waals surface area contributed by atoms with Crippen LogP contribution in [0.15, 0.2) is 23.3 Å². The summed E-state index contributed by atoms with van der Waals surface area (Å²) in [5.74, 6) is -0.165. The molecular weight excluding hydrogens is 344 g/mol. The molecule has 0 amide bonds. The summed E-state index contributed by atoms with van der Waals surface area (Å²) in [7, 11) is 0. The quantitative estimate of drug-likeness (QED) is 0.841. The van der Waals surface area contributed by atoms with E-state index in [9.17, 15) is 14.7 Å². The minimum Gasteiger partial charge on any atom is -0.391 e. The van der Waals surface area contributed by atoms with Gasteiger partial charge in [-0.15, -0.1) is 0 Å². The Kier molecular flexibility index (Phi) is 5.13. The lowest BCUT2D eigenvalue weighted by atomic mass is 9.97. The van der Waals surface area contributed by atoms with Crippen molar-refractivity contribution in [1.82, 2.24) is 14.9 Å². The Bertz CT molecular complexity index is 918. The van der Waals surface area contributed by atoms with Crippen molar-refractivity contribution in [2.24, 2.45) is 0 Å². The van der Waals surface area contributed by atoms with Gasteiger partial charge in [0, 0.05) is 12.5 Å². The first kappa shape index (κ1) is 17.5. The van der Waals surface area contributed by atoms with Gasteiger partial charge >= 0.3 is 0 Å². The van der Waals surface area contributed by atoms with E-state index in [4.69, 9.17) is 16.9 Å². The summed E-state index contributed by atoms with van der Waals surface area (Å²) in [6.45, 7) is 0.649. The Morgan fingerprint density at radius 1 is 1.52 bits per heavy atom. The molecular formula is C17H17ClN4O3. The predicted molar refractivity (Wildman–Crippen MR) is 92.4 cm³/mol. The molecule has 1 aliphatic rings. The van der Waals surface area contributed by atoms with Gasteiger partial charge in [-0.2, -0.15) is 5.26 Å². The predicted octanol–water partition coefficient (Wildman–Crippen LogP) is 0.994. The van der Waals surface area contributed by atoms with E-state index in [1.807, 2.05) is 6.07 Å². The number of hydrogen-bond donors (Lipinski definition) is 2. The van der Waals surface area contributed by atoms with Crippen molar-refractivity contribution in [2.45, 2.75) is 38.0 Å². The molecule has 1 aromatic carbocycles. The van der Waals surface area contributed by atoms with Gasteiger partial charge in [0.25, 0.3) is 5.56 Å². The van der Waals surface area contributed by atoms with E-state index in [1.165, 1.54) is 23.0 Å². The van der Waals surface area contributed by atoms with Crippen LogP contribution < -0.4 is 10.9 Å². The third-order valence-electron chi connectivity index (χ3n) is 4.38. The zero-order valence-corrected chi connectivity index (χ0v) is 14.2. The van der Waals surface area contributed by atoms with E-state index in [0.717, 1.165) is 13.0 Å². The van der Waals surface area contributed by atoms with Crippen LogP contribution in [0.2, 0.25) is 5.02 Å². The first-order valence-electron chi connectivity index (χ1n) is 8.01. The third-order valence-corrected chi connectivity index (χ3v) is 4.69. The minimum absolute atomic E-state index is 0.121. The molecule has 2 N–H and O–H groups in total. The van der Waals surface area contributed by atoms with Crippen molar-refractivity contribution in [3.05, 3.63) is 39.4 Å². The Morgan fingerprint density at radius 3 is 3.04 bits per heavy atom. The van der Waals surface area contributed by atoms with Crippen molar-refractivity contribution < 1.29 is 9.90 Å². The molecule has 1 aromatic heterocycles. The number of ketones is 1. The number of halogens is 1. The van der Waals surface area contributed by atoms with Crippen LogP contribution in [0.4, 0.5) is 0 Å². The molecule has 7 nitrogen and oxygen atoms in total. The normalized spacial score (nSPS) is 20.4. The van der Waals surface area contributed by atoms with Crippen molar-refractivity contribution in [3.63, 3.8) is 0 Å². The SMILES string of the molecule is N#Cc1cc2ncn(CC(=O)CC3NCCCC3O)c(=O)c2cc1Cl. The lowest BCUT2D eigenvalue weighted by molar-refractivity contribution is -0.121. The summed E-state index contributed by atoms with van der Waals surface area (Å²) in [5, 5.41) is 22.5. The Hall–Kier alpha value is -2.27. The molecule has 0 radical (unpaired) electrons. The molecule has 25 heavy (non-hydrogen) atoms. The van der Waals surface area contributed by atoms with Gasteiger partial charge in [-0.1, -0.05) is 11.6 Å². The van der Waals surface area contributed by atoms with Gasteiger partial charge in [-0.25, -0.2) is 4.98 Å². The van der Waals surface area contributed by atoms with E-state index < -0.39 is 6.10 Å². The van der Waals surface area contributed by atoms with Crippen molar-refractivity contribution in [3.8, 4) is 6.07 Å². The second kappa shape index (κ2) is 7.31. The molecule has 0 saturated carbocycles. The van der Waals surface area contributed by atoms with Gasteiger partial charge in [-0.05, 0) is 31.5 Å². The number of aromatic nitrogens is 2. The van der Waals surface area contributed by atoms with Crippen molar-refractivity contribution >= 4 is 28.3 Å². The molecule has 1 fully saturated rings. The van der Waals surface area contributed by atoms with E-state index in [1.54, 1.807) is 0 Å². The number of carbonyl (C=O) groups is 1. The van der Waals surface area contributed by atoms with Crippen LogP contribution in [-0.2, 0) is 11.3 Å². The molecule has 130 valence electrons. The van der Waals surface area contributed by atoms with E-state index >= 15 is 0 Å². The van der Waals surface area contributed by atoms with Gasteiger partial charge in [-0.3, -0.25) is 14.2 Å². The van der Waals surface area contributed by atoms with Gasteiger partial charge in [0.1, 0.15) is 6.07 Å². The molecule has 8 heteroatoms. The number of nitrogens with one attached hydrogen (secondary N) is 1. The van der Waals surface area contributed by atoms with E-state index in [0.29, 0.717) is 11.9 Å². The fourth-order valence-electron chi connectivity index (χ4n) is 3.02. The van der Waals surface area contributed by atoms with Crippen LogP contribution in [0.3, 0.4) is 0 Å². The number of fused-ring (bicyclic) bond motifs is 1. The number of rotatable bonds is 4. The molecule has 0 bridgehead atoms. The molecule has 1 aliphatic heterocycles. The maximum absolute atomic E-state index is 12.5. The fourth-order valence-corrected chi connectivity index (χ4v) is 3.23. The van der Waals surface area contributed by atoms with E-state index in [2.05, 4.69) is 10.3 Å². The monoisotopic (exact) mass is 360 g/mol. The Morgan fingerprint density at radius 2 is 2.32 bits per heavy atom. The molecule has 0 spiro atoms. The first-order chi connectivity index (χ1) is 12.0. The second-order valence-electron chi connectivity index (χ2n) is 6.15. The number of Topliss-reactive ketones (excluding diaryl/α,β-unsaturated/α-hetero) is 1. The Labute approximate surface area is 148 Å². The highest BCUT2D eigenvalue weighted by Gasteiger charge is 2.25. The van der Waals surface area contributed by atoms with Gasteiger partial charge in [0.2, 0.25) is 0 Å². The summed E-state index contributed by atoms with van der Waals surface area (Å²) in [5.41, 5.74) is 0.216. The molecule has 2 aromatic rings. The molecule has 1 saturated heterocycles. The number of hydrogen-bond acceptors (Lipinski definition) is 6.